The molecule has 1 aliphatic rings. The van der Waals surface area contributed by atoms with Gasteiger partial charge in [-0.05, 0) is 36.4 Å². The highest BCUT2D eigenvalue weighted by Crippen LogP contribution is 2.26. The van der Waals surface area contributed by atoms with Crippen LogP contribution < -0.4 is 10.6 Å². The maximum absolute atomic E-state index is 12.9. The lowest BCUT2D eigenvalue weighted by molar-refractivity contribution is -0.248. The second-order valence-electron chi connectivity index (χ2n) is 8.44. The molecule has 0 saturated carbocycles. The summed E-state index contributed by atoms with van der Waals surface area (Å²) in [5.41, 5.74) is 1.12. The van der Waals surface area contributed by atoms with Crippen LogP contribution in [0.2, 0.25) is 0 Å². The van der Waals surface area contributed by atoms with Crippen LogP contribution in [0, 0.1) is 0 Å². The number of ether oxygens (including phenoxy) is 3. The summed E-state index contributed by atoms with van der Waals surface area (Å²) in [6, 6.07) is 24.4. The number of hydrogen-bond acceptors (Lipinski definition) is 7. The molecule has 5 atom stereocenters. The van der Waals surface area contributed by atoms with E-state index in [9.17, 15) is 19.5 Å². The molecule has 1 fully saturated rings. The molecular weight excluding hydrogens is 476 g/mol. The molecular formula is C28H28N2O7. The van der Waals surface area contributed by atoms with Crippen LogP contribution in [0.5, 0.6) is 0 Å². The van der Waals surface area contributed by atoms with Crippen LogP contribution in [0.1, 0.15) is 31.1 Å². The fourth-order valence-corrected chi connectivity index (χ4v) is 4.14. The van der Waals surface area contributed by atoms with Crippen molar-refractivity contribution in [3.63, 3.8) is 0 Å². The van der Waals surface area contributed by atoms with Gasteiger partial charge in [0.1, 0.15) is 18.2 Å². The van der Waals surface area contributed by atoms with E-state index in [4.69, 9.17) is 14.2 Å². The van der Waals surface area contributed by atoms with Gasteiger partial charge in [-0.1, -0.05) is 54.6 Å². The van der Waals surface area contributed by atoms with Gasteiger partial charge >= 0.3 is 5.97 Å². The van der Waals surface area contributed by atoms with E-state index in [0.717, 1.165) is 0 Å². The molecule has 0 aliphatic carbocycles. The number of benzene rings is 3. The molecule has 1 heterocycles. The van der Waals surface area contributed by atoms with Crippen molar-refractivity contribution in [3.8, 4) is 0 Å². The van der Waals surface area contributed by atoms with Gasteiger partial charge in [0.05, 0.1) is 5.56 Å². The molecule has 3 aromatic rings. The van der Waals surface area contributed by atoms with Crippen molar-refractivity contribution >= 4 is 17.8 Å². The van der Waals surface area contributed by atoms with E-state index in [1.54, 1.807) is 91.0 Å². The standard InChI is InChI=1S/C28H28N2O7/c1-35-24-22(30-26(32)19-13-7-3-8-14-19)28(34)36-21(17-29-25(31)18-11-5-2-6-12-18)23(24)37-27(33)20-15-9-4-10-16-20/h2-16,21-24,28,34H,17H2,1H3,(H,29,31)(H,30,32)/t21-,22+,23+,24-,28-/m1/s1. The normalized spacial score (nSPS) is 23.0. The lowest BCUT2D eigenvalue weighted by atomic mass is 9.95. The molecule has 9 heteroatoms. The Balaban J connectivity index is 1.55. The minimum absolute atomic E-state index is 0.0866. The molecule has 0 radical (unpaired) electrons. The van der Waals surface area contributed by atoms with Gasteiger partial charge in [0.2, 0.25) is 0 Å². The molecule has 0 aromatic heterocycles. The predicted molar refractivity (Wildman–Crippen MR) is 134 cm³/mol. The minimum atomic E-state index is -1.50. The van der Waals surface area contributed by atoms with Gasteiger partial charge in [0, 0.05) is 24.8 Å². The Hall–Kier alpha value is -4.05. The average Bonchev–Trinajstić information content (AvgIpc) is 2.95. The zero-order chi connectivity index (χ0) is 26.2. The van der Waals surface area contributed by atoms with Crippen LogP contribution in [-0.4, -0.2) is 67.2 Å². The highest BCUT2D eigenvalue weighted by atomic mass is 16.6. The zero-order valence-corrected chi connectivity index (χ0v) is 20.2. The van der Waals surface area contributed by atoms with Crippen LogP contribution in [0.25, 0.3) is 0 Å². The number of carbonyl (C=O) groups excluding carboxylic acids is 3. The summed E-state index contributed by atoms with van der Waals surface area (Å²) in [6.45, 7) is -0.0866. The molecule has 192 valence electrons. The monoisotopic (exact) mass is 504 g/mol. The number of aliphatic hydroxyl groups excluding tert-OH is 1. The summed E-state index contributed by atoms with van der Waals surface area (Å²) in [5.74, 6) is -1.46. The van der Waals surface area contributed by atoms with Gasteiger partial charge in [0.15, 0.2) is 12.4 Å². The summed E-state index contributed by atoms with van der Waals surface area (Å²) in [7, 11) is 1.38. The molecule has 1 aliphatic heterocycles. The Bertz CT molecular complexity index is 1190. The number of amides is 2. The summed E-state index contributed by atoms with van der Waals surface area (Å²) >= 11 is 0. The van der Waals surface area contributed by atoms with E-state index in [2.05, 4.69) is 10.6 Å². The van der Waals surface area contributed by atoms with Crippen molar-refractivity contribution in [2.24, 2.45) is 0 Å². The van der Waals surface area contributed by atoms with E-state index in [1.807, 2.05) is 0 Å². The first-order valence-corrected chi connectivity index (χ1v) is 11.8. The molecule has 9 nitrogen and oxygen atoms in total. The van der Waals surface area contributed by atoms with Crippen molar-refractivity contribution in [1.29, 1.82) is 0 Å². The first-order chi connectivity index (χ1) is 18.0. The minimum Gasteiger partial charge on any atom is -0.453 e. The van der Waals surface area contributed by atoms with E-state index in [1.165, 1.54) is 7.11 Å². The Morgan fingerprint density at radius 2 is 1.30 bits per heavy atom. The number of esters is 1. The van der Waals surface area contributed by atoms with Crippen LogP contribution in [0.15, 0.2) is 91.0 Å². The van der Waals surface area contributed by atoms with Gasteiger partial charge in [-0.3, -0.25) is 9.59 Å². The number of nitrogens with one attached hydrogen (secondary N) is 2. The number of rotatable bonds is 8. The second-order valence-corrected chi connectivity index (χ2v) is 8.44. The average molecular weight is 505 g/mol. The van der Waals surface area contributed by atoms with Gasteiger partial charge in [0.25, 0.3) is 11.8 Å². The quantitative estimate of drug-likeness (QED) is 0.402. The third-order valence-corrected chi connectivity index (χ3v) is 6.02. The molecule has 0 unspecified atom stereocenters. The molecule has 0 bridgehead atoms. The van der Waals surface area contributed by atoms with Crippen LogP contribution >= 0.6 is 0 Å². The van der Waals surface area contributed by atoms with Gasteiger partial charge in [-0.2, -0.15) is 0 Å². The topological polar surface area (TPSA) is 123 Å². The number of hydrogen-bond donors (Lipinski definition) is 3. The van der Waals surface area contributed by atoms with Crippen molar-refractivity contribution in [2.45, 2.75) is 30.6 Å². The van der Waals surface area contributed by atoms with E-state index in [0.29, 0.717) is 16.7 Å². The highest BCUT2D eigenvalue weighted by molar-refractivity contribution is 5.95. The Morgan fingerprint density at radius 1 is 0.784 bits per heavy atom. The van der Waals surface area contributed by atoms with Crippen LogP contribution in [0.4, 0.5) is 0 Å². The first kappa shape index (κ1) is 26.0. The molecule has 4 rings (SSSR count). The largest absolute Gasteiger partial charge is 0.453 e. The van der Waals surface area contributed by atoms with E-state index >= 15 is 0 Å². The molecule has 3 aromatic carbocycles. The maximum Gasteiger partial charge on any atom is 0.338 e. The van der Waals surface area contributed by atoms with Crippen molar-refractivity contribution in [1.82, 2.24) is 10.6 Å². The van der Waals surface area contributed by atoms with Crippen molar-refractivity contribution < 1.29 is 33.7 Å². The lowest BCUT2D eigenvalue weighted by Gasteiger charge is -2.44. The third kappa shape index (κ3) is 6.39. The van der Waals surface area contributed by atoms with Crippen molar-refractivity contribution in [2.75, 3.05) is 13.7 Å². The summed E-state index contributed by atoms with van der Waals surface area (Å²) in [6.07, 6.45) is -4.52. The lowest BCUT2D eigenvalue weighted by Crippen LogP contribution is -2.66. The zero-order valence-electron chi connectivity index (χ0n) is 20.2. The van der Waals surface area contributed by atoms with Crippen LogP contribution in [-0.2, 0) is 14.2 Å². The number of aliphatic hydroxyl groups is 1. The van der Waals surface area contributed by atoms with Gasteiger partial charge < -0.3 is 30.0 Å². The van der Waals surface area contributed by atoms with Crippen LogP contribution in [0.3, 0.4) is 0 Å². The van der Waals surface area contributed by atoms with E-state index in [-0.39, 0.29) is 12.5 Å². The fourth-order valence-electron chi connectivity index (χ4n) is 4.14. The molecule has 37 heavy (non-hydrogen) atoms. The first-order valence-electron chi connectivity index (χ1n) is 11.8. The number of methoxy groups -OCH3 is 1. The predicted octanol–water partition coefficient (Wildman–Crippen LogP) is 2.17. The maximum atomic E-state index is 12.9. The number of carbonyl (C=O) groups is 3. The Morgan fingerprint density at radius 3 is 1.84 bits per heavy atom. The van der Waals surface area contributed by atoms with E-state index < -0.39 is 42.5 Å². The summed E-state index contributed by atoms with van der Waals surface area (Å²) in [4.78, 5) is 38.4. The molecule has 1 saturated heterocycles. The summed E-state index contributed by atoms with van der Waals surface area (Å²) < 4.78 is 17.2. The smallest absolute Gasteiger partial charge is 0.338 e. The molecule has 2 amide bonds. The SMILES string of the molecule is CO[C@@H]1[C@H](NC(=O)c2ccccc2)[C@H](O)O[C@H](CNC(=O)c2ccccc2)[C@@H]1OC(=O)c1ccccc1. The highest BCUT2D eigenvalue weighted by Gasteiger charge is 2.48. The third-order valence-electron chi connectivity index (χ3n) is 6.02. The summed E-state index contributed by atoms with van der Waals surface area (Å²) in [5, 5.41) is 16.3. The Kier molecular flexibility index (Phi) is 8.63. The second kappa shape index (κ2) is 12.3. The van der Waals surface area contributed by atoms with Gasteiger partial charge in [-0.25, -0.2) is 4.79 Å². The van der Waals surface area contributed by atoms with Crippen molar-refractivity contribution in [3.05, 3.63) is 108 Å². The Labute approximate surface area is 214 Å². The molecule has 0 spiro atoms. The van der Waals surface area contributed by atoms with Gasteiger partial charge in [-0.15, -0.1) is 0 Å². The molecule has 3 N–H and O–H groups in total. The fraction of sp³-hybridized carbons (Fsp3) is 0.250.